The van der Waals surface area contributed by atoms with E-state index in [1.807, 2.05) is 34.0 Å². The minimum atomic E-state index is 0.798. The van der Waals surface area contributed by atoms with Crippen molar-refractivity contribution in [2.24, 2.45) is 0 Å². The third-order valence-corrected chi connectivity index (χ3v) is 25.5. The second kappa shape index (κ2) is 23.2. The van der Waals surface area contributed by atoms with Gasteiger partial charge >= 0.3 is 0 Å². The van der Waals surface area contributed by atoms with Gasteiger partial charge in [-0.2, -0.15) is 0 Å². The van der Waals surface area contributed by atoms with Crippen LogP contribution >= 0.6 is 34.0 Å². The highest BCUT2D eigenvalue weighted by Crippen LogP contribution is 2.46. The van der Waals surface area contributed by atoms with E-state index in [1.54, 1.807) is 0 Å². The van der Waals surface area contributed by atoms with Crippen LogP contribution in [0.5, 0.6) is 0 Å². The Balaban J connectivity index is 0.664. The maximum atomic E-state index is 5.83. The summed E-state index contributed by atoms with van der Waals surface area (Å²) in [5, 5.41) is 15.1. The Morgan fingerprint density at radius 3 is 0.840 bits per heavy atom. The van der Waals surface area contributed by atoms with Gasteiger partial charge in [0.1, 0.15) is 0 Å². The van der Waals surface area contributed by atoms with E-state index in [0.717, 1.165) is 94.8 Å². The molecule has 106 heavy (non-hydrogen) atoms. The van der Waals surface area contributed by atoms with Gasteiger partial charge < -0.3 is 13.7 Å². The monoisotopic (exact) mass is 1400 g/mol. The zero-order valence-corrected chi connectivity index (χ0v) is 59.3. The molecule has 0 amide bonds. The molecule has 0 atom stereocenters. The average molecular weight is 1400 g/mol. The molecular weight excluding hydrogens is 1340 g/mol. The van der Waals surface area contributed by atoms with E-state index in [1.165, 1.54) is 126 Å². The summed E-state index contributed by atoms with van der Waals surface area (Å²) in [7, 11) is 0. The number of fused-ring (bicyclic) bond motifs is 19. The van der Waals surface area contributed by atoms with Gasteiger partial charge in [-0.05, 0) is 202 Å². The molecule has 0 aliphatic rings. The lowest BCUT2D eigenvalue weighted by molar-refractivity contribution is 1.17. The second-order valence-electron chi connectivity index (χ2n) is 28.0. The van der Waals surface area contributed by atoms with Crippen molar-refractivity contribution >= 4 is 171 Å². The largest absolute Gasteiger partial charge is 0.309 e. The van der Waals surface area contributed by atoms with Gasteiger partial charge in [-0.15, -0.1) is 34.0 Å². The maximum absolute atomic E-state index is 5.83. The molecule has 16 aromatic carbocycles. The molecule has 0 saturated carbocycles. The highest BCUT2D eigenvalue weighted by molar-refractivity contribution is 7.26. The fraction of sp³-hybridized carbons (Fsp3) is 0. The van der Waals surface area contributed by atoms with Crippen molar-refractivity contribution in [2.45, 2.75) is 0 Å². The van der Waals surface area contributed by atoms with Crippen LogP contribution in [0.3, 0.4) is 0 Å². The van der Waals surface area contributed by atoms with Gasteiger partial charge in [0.05, 0.1) is 55.5 Å². The van der Waals surface area contributed by atoms with Gasteiger partial charge in [-0.1, -0.05) is 188 Å². The van der Waals surface area contributed by atoms with Gasteiger partial charge in [-0.3, -0.25) is 0 Å². The van der Waals surface area contributed by atoms with E-state index in [0.29, 0.717) is 0 Å². The van der Waals surface area contributed by atoms with Crippen LogP contribution in [0.1, 0.15) is 0 Å². The van der Waals surface area contributed by atoms with Crippen LogP contribution in [0.4, 0.5) is 0 Å². The fourth-order valence-corrected chi connectivity index (χ4v) is 20.3. The Kier molecular flexibility index (Phi) is 13.0. The number of benzene rings is 16. The van der Waals surface area contributed by atoms with E-state index in [2.05, 4.69) is 359 Å². The van der Waals surface area contributed by atoms with Crippen LogP contribution in [0.2, 0.25) is 0 Å². The molecule has 0 bridgehead atoms. The molecule has 0 N–H and O–H groups in total. The number of hydrogen-bond acceptors (Lipinski definition) is 5. The first-order valence-corrected chi connectivity index (χ1v) is 38.4. The van der Waals surface area contributed by atoms with Gasteiger partial charge in [0.15, 0.2) is 0 Å². The van der Waals surface area contributed by atoms with Gasteiger partial charge in [-0.25, -0.2) is 9.97 Å². The smallest absolute Gasteiger partial charge is 0.0973 e. The first kappa shape index (κ1) is 59.4. The van der Waals surface area contributed by atoms with Crippen molar-refractivity contribution in [1.82, 2.24) is 23.7 Å². The third kappa shape index (κ3) is 9.25. The molecule has 0 fully saturated rings. The minimum absolute atomic E-state index is 0.798. The summed E-state index contributed by atoms with van der Waals surface area (Å²) in [6.07, 6.45) is 0. The zero-order chi connectivity index (χ0) is 69.2. The van der Waals surface area contributed by atoms with Crippen LogP contribution in [0.15, 0.2) is 346 Å². The van der Waals surface area contributed by atoms with Gasteiger partial charge in [0, 0.05) is 121 Å². The molecule has 0 aliphatic heterocycles. The van der Waals surface area contributed by atoms with Crippen molar-refractivity contribution in [3.8, 4) is 84.1 Å². The molecule has 0 spiro atoms. The lowest BCUT2D eigenvalue weighted by atomic mass is 10.0. The van der Waals surface area contributed by atoms with Crippen LogP contribution in [-0.2, 0) is 0 Å². The first-order chi connectivity index (χ1) is 52.5. The van der Waals surface area contributed by atoms with Crippen molar-refractivity contribution < 1.29 is 0 Å². The van der Waals surface area contributed by atoms with E-state index in [9.17, 15) is 0 Å². The number of hydrogen-bond donors (Lipinski definition) is 0. The lowest BCUT2D eigenvalue weighted by Crippen LogP contribution is -1.99. The fourth-order valence-electron chi connectivity index (χ4n) is 17.1. The summed E-state index contributed by atoms with van der Waals surface area (Å²) in [6.45, 7) is 0. The third-order valence-electron chi connectivity index (χ3n) is 22.0. The summed E-state index contributed by atoms with van der Waals surface area (Å²) >= 11 is 5.57. The van der Waals surface area contributed by atoms with E-state index < -0.39 is 0 Å². The van der Waals surface area contributed by atoms with Crippen LogP contribution < -0.4 is 0 Å². The number of aromatic nitrogens is 5. The molecule has 492 valence electrons. The summed E-state index contributed by atoms with van der Waals surface area (Å²) in [5.74, 6) is 0. The molecule has 8 heteroatoms. The molecule has 0 unspecified atom stereocenters. The highest BCUT2D eigenvalue weighted by Gasteiger charge is 2.23. The van der Waals surface area contributed by atoms with Crippen LogP contribution in [0, 0.1) is 0 Å². The number of nitrogens with zero attached hydrogens (tertiary/aromatic N) is 5. The highest BCUT2D eigenvalue weighted by atomic mass is 32.1. The normalized spacial score (nSPS) is 12.2. The molecule has 5 nitrogen and oxygen atoms in total. The lowest BCUT2D eigenvalue weighted by Gasteiger charge is -2.15. The Hall–Kier alpha value is -13.1. The Bertz CT molecular complexity index is 7680. The first-order valence-electron chi connectivity index (χ1n) is 36.0. The predicted molar refractivity (Wildman–Crippen MR) is 454 cm³/mol. The Labute approximate surface area is 619 Å². The predicted octanol–water partition coefficient (Wildman–Crippen LogP) is 28.0. The standard InChI is InChI=1S/C98H57N5S3/c1-7-28-85-71(22-1)77-51-59(62-38-45-94-80(54-62)74-25-4-10-31-91(74)104-94)35-42-88(77)101(85)68-19-13-16-58(48-68)65-34-41-83-84(57-65)100-98(67-18-15-21-70(50-67)103-87-30-9-3-24-73(87)79-53-61(37-44-90(79)103)64-40-47-96-82(56-64)76-27-6-12-33-93(76)106-96)97(99-83)66-17-14-20-69(49-66)102-86-29-8-2-23-72(86)78-52-60(36-43-89(78)102)63-39-46-95-81(55-63)75-26-5-11-32-92(75)105-95/h1-57H. The molecule has 0 saturated heterocycles. The average Bonchev–Trinajstić information content (AvgIpc) is 1.61. The van der Waals surface area contributed by atoms with Crippen molar-refractivity contribution in [2.75, 3.05) is 0 Å². The zero-order valence-electron chi connectivity index (χ0n) is 56.9. The topological polar surface area (TPSA) is 40.6 Å². The SMILES string of the molecule is c1cc(-c2ccc3nc(-c4cccc(-n5c6ccccc6c6cc(-c7ccc8sc9ccccc9c8c7)ccc65)c4)c(-c4cccc(-n5c6ccccc6c6cc(-c7ccc8sc9ccccc9c8c7)ccc65)c4)nc3c2)cc(-n2c3ccccc3c3cc(-c4ccc5sc6ccccc6c5c4)ccc32)c1. The summed E-state index contributed by atoms with van der Waals surface area (Å²) in [6, 6.07) is 128. The molecule has 7 heterocycles. The van der Waals surface area contributed by atoms with Gasteiger partial charge in [0.25, 0.3) is 0 Å². The van der Waals surface area contributed by atoms with Crippen molar-refractivity contribution in [1.29, 1.82) is 0 Å². The Morgan fingerprint density at radius 2 is 0.443 bits per heavy atom. The van der Waals surface area contributed by atoms with E-state index in [-0.39, 0.29) is 0 Å². The summed E-state index contributed by atoms with van der Waals surface area (Å²) in [4.78, 5) is 11.6. The number of thiophene rings is 3. The molecule has 0 radical (unpaired) electrons. The van der Waals surface area contributed by atoms with Crippen molar-refractivity contribution in [3.05, 3.63) is 346 Å². The summed E-state index contributed by atoms with van der Waals surface area (Å²) < 4.78 is 15.1. The number of rotatable bonds is 9. The Morgan fingerprint density at radius 1 is 0.170 bits per heavy atom. The molecule has 7 aromatic heterocycles. The molecule has 0 aliphatic carbocycles. The molecule has 23 rings (SSSR count). The second-order valence-corrected chi connectivity index (χ2v) is 31.2. The van der Waals surface area contributed by atoms with Crippen LogP contribution in [0.25, 0.3) is 221 Å². The minimum Gasteiger partial charge on any atom is -0.309 e. The summed E-state index contributed by atoms with van der Waals surface area (Å²) in [5.41, 5.74) is 24.6. The van der Waals surface area contributed by atoms with Gasteiger partial charge in [0.2, 0.25) is 0 Å². The quantitative estimate of drug-likeness (QED) is 0.144. The molecule has 23 aromatic rings. The van der Waals surface area contributed by atoms with E-state index in [4.69, 9.17) is 9.97 Å². The van der Waals surface area contributed by atoms with E-state index >= 15 is 0 Å². The number of para-hydroxylation sites is 3. The maximum Gasteiger partial charge on any atom is 0.0973 e. The van der Waals surface area contributed by atoms with Crippen molar-refractivity contribution in [3.63, 3.8) is 0 Å². The molecular formula is C98H57N5S3. The van der Waals surface area contributed by atoms with Crippen LogP contribution in [-0.4, -0.2) is 23.7 Å².